The molecule has 1 unspecified atom stereocenters. The van der Waals surface area contributed by atoms with Crippen LogP contribution < -0.4 is 5.32 Å². The van der Waals surface area contributed by atoms with Gasteiger partial charge in [-0.2, -0.15) is 0 Å². The van der Waals surface area contributed by atoms with E-state index in [9.17, 15) is 8.42 Å². The third-order valence-electron chi connectivity index (χ3n) is 5.05. The van der Waals surface area contributed by atoms with Crippen LogP contribution in [0.1, 0.15) is 19.8 Å². The number of sulfone groups is 1. The van der Waals surface area contributed by atoms with Crippen LogP contribution in [-0.2, 0) is 14.6 Å². The van der Waals surface area contributed by atoms with Crippen LogP contribution in [0.2, 0.25) is 5.02 Å². The molecular weight excluding hydrogens is 501 g/mol. The van der Waals surface area contributed by atoms with E-state index in [0.29, 0.717) is 5.02 Å². The Morgan fingerprint density at radius 2 is 2.07 bits per heavy atom. The summed E-state index contributed by atoms with van der Waals surface area (Å²) in [6.45, 7) is 6.50. The van der Waals surface area contributed by atoms with Crippen molar-refractivity contribution in [1.82, 2.24) is 10.2 Å². The van der Waals surface area contributed by atoms with Crippen molar-refractivity contribution in [3.8, 4) is 0 Å². The molecular formula is C18H27ClIN3O3S. The van der Waals surface area contributed by atoms with Crippen LogP contribution in [0.4, 0.5) is 0 Å². The lowest BCUT2D eigenvalue weighted by Crippen LogP contribution is -2.41. The van der Waals surface area contributed by atoms with Gasteiger partial charge < -0.3 is 15.0 Å². The Labute approximate surface area is 183 Å². The van der Waals surface area contributed by atoms with E-state index in [2.05, 4.69) is 15.2 Å². The molecule has 152 valence electrons. The highest BCUT2D eigenvalue weighted by atomic mass is 127. The van der Waals surface area contributed by atoms with Crippen molar-refractivity contribution in [3.05, 3.63) is 29.3 Å². The van der Waals surface area contributed by atoms with Crippen molar-refractivity contribution < 1.29 is 13.2 Å². The normalized spacial score (nSPS) is 22.9. The Morgan fingerprint density at radius 1 is 1.33 bits per heavy atom. The van der Waals surface area contributed by atoms with Gasteiger partial charge in [-0.25, -0.2) is 8.42 Å². The van der Waals surface area contributed by atoms with Gasteiger partial charge in [0, 0.05) is 36.7 Å². The second-order valence-corrected chi connectivity index (χ2v) is 9.53. The van der Waals surface area contributed by atoms with Gasteiger partial charge in [-0.1, -0.05) is 11.6 Å². The minimum Gasteiger partial charge on any atom is -0.381 e. The van der Waals surface area contributed by atoms with E-state index >= 15 is 0 Å². The second-order valence-electron chi connectivity index (χ2n) is 6.98. The number of hydrogen-bond acceptors (Lipinski definition) is 4. The second kappa shape index (κ2) is 9.76. The summed E-state index contributed by atoms with van der Waals surface area (Å²) in [5.74, 6) is 0.772. The number of ether oxygens (including phenoxy) is 1. The largest absolute Gasteiger partial charge is 0.381 e. The minimum atomic E-state index is -3.37. The number of rotatable bonds is 5. The van der Waals surface area contributed by atoms with Gasteiger partial charge >= 0.3 is 0 Å². The maximum atomic E-state index is 12.4. The summed E-state index contributed by atoms with van der Waals surface area (Å²) in [5.41, 5.74) is 0.242. The van der Waals surface area contributed by atoms with E-state index in [4.69, 9.17) is 16.3 Å². The first kappa shape index (κ1) is 22.7. The lowest BCUT2D eigenvalue weighted by atomic mass is 9.87. The number of likely N-dealkylation sites (tertiary alicyclic amines) is 1. The third kappa shape index (κ3) is 5.71. The molecule has 2 fully saturated rings. The highest BCUT2D eigenvalue weighted by Crippen LogP contribution is 2.38. The number of benzene rings is 1. The Kier molecular flexibility index (Phi) is 8.20. The van der Waals surface area contributed by atoms with E-state index in [1.807, 2.05) is 6.92 Å². The Morgan fingerprint density at radius 3 is 2.70 bits per heavy atom. The van der Waals surface area contributed by atoms with Crippen molar-refractivity contribution in [1.29, 1.82) is 0 Å². The summed E-state index contributed by atoms with van der Waals surface area (Å²) < 4.78 is 30.5. The third-order valence-corrected chi connectivity index (χ3v) is 7.01. The fourth-order valence-electron chi connectivity index (χ4n) is 3.54. The lowest BCUT2D eigenvalue weighted by Gasteiger charge is -2.25. The van der Waals surface area contributed by atoms with E-state index in [-0.39, 0.29) is 46.6 Å². The van der Waals surface area contributed by atoms with E-state index in [1.54, 1.807) is 12.1 Å². The zero-order valence-corrected chi connectivity index (χ0v) is 19.4. The Hall–Kier alpha value is -0.580. The zero-order chi connectivity index (χ0) is 18.6. The van der Waals surface area contributed by atoms with Crippen molar-refractivity contribution in [3.63, 3.8) is 0 Å². The van der Waals surface area contributed by atoms with Crippen LogP contribution in [0.5, 0.6) is 0 Å². The number of halogens is 2. The van der Waals surface area contributed by atoms with Gasteiger partial charge in [0.2, 0.25) is 0 Å². The molecule has 0 radical (unpaired) electrons. The van der Waals surface area contributed by atoms with Gasteiger partial charge in [-0.05, 0) is 44.0 Å². The molecule has 1 N–H and O–H groups in total. The van der Waals surface area contributed by atoms with Crippen LogP contribution >= 0.6 is 35.6 Å². The fourth-order valence-corrected chi connectivity index (χ4v) is 4.79. The molecule has 2 saturated heterocycles. The van der Waals surface area contributed by atoms with Crippen molar-refractivity contribution >= 4 is 51.4 Å². The molecule has 1 aromatic carbocycles. The molecule has 3 rings (SSSR count). The highest BCUT2D eigenvalue weighted by molar-refractivity contribution is 14.0. The number of nitrogens with one attached hydrogen (secondary N) is 1. The molecule has 0 amide bonds. The maximum Gasteiger partial charge on any atom is 0.193 e. The molecule has 1 aromatic rings. The summed E-state index contributed by atoms with van der Waals surface area (Å²) in [7, 11) is -3.37. The first-order valence-corrected chi connectivity index (χ1v) is 11.1. The van der Waals surface area contributed by atoms with Crippen molar-refractivity contribution in [2.75, 3.05) is 45.1 Å². The van der Waals surface area contributed by atoms with Crippen LogP contribution in [0.15, 0.2) is 34.2 Å². The first-order valence-electron chi connectivity index (χ1n) is 9.03. The van der Waals surface area contributed by atoms with Crippen LogP contribution in [0.3, 0.4) is 0 Å². The van der Waals surface area contributed by atoms with Gasteiger partial charge in [-0.15, -0.1) is 24.0 Å². The summed E-state index contributed by atoms with van der Waals surface area (Å²) in [6, 6.07) is 6.26. The monoisotopic (exact) mass is 527 g/mol. The topological polar surface area (TPSA) is 71.0 Å². The molecule has 0 aromatic heterocycles. The molecule has 0 aliphatic carbocycles. The van der Waals surface area contributed by atoms with Gasteiger partial charge in [0.1, 0.15) is 0 Å². The zero-order valence-electron chi connectivity index (χ0n) is 15.5. The quantitative estimate of drug-likeness (QED) is 0.362. The summed E-state index contributed by atoms with van der Waals surface area (Å²) in [5, 5.41) is 3.81. The van der Waals surface area contributed by atoms with Gasteiger partial charge in [0.05, 0.1) is 23.8 Å². The standard InChI is InChI=1S/C18H26ClN3O3S.HI/c1-2-20-17(22-10-7-18(13-22)8-11-25-14-18)21-9-12-26(23,24)16-5-3-15(19)4-6-16;/h3-6H,2,7-14H2,1H3,(H,20,21);1H. The molecule has 1 spiro atoms. The fraction of sp³-hybridized carbons (Fsp3) is 0.611. The van der Waals surface area contributed by atoms with Gasteiger partial charge in [0.25, 0.3) is 0 Å². The molecule has 6 nitrogen and oxygen atoms in total. The smallest absolute Gasteiger partial charge is 0.193 e. The number of nitrogens with zero attached hydrogens (tertiary/aromatic N) is 2. The molecule has 2 heterocycles. The minimum absolute atomic E-state index is 0. The highest BCUT2D eigenvalue weighted by Gasteiger charge is 2.42. The lowest BCUT2D eigenvalue weighted by molar-refractivity contribution is 0.156. The SMILES string of the molecule is CCNC(=NCCS(=O)(=O)c1ccc(Cl)cc1)N1CCC2(CCOC2)C1.I. The molecule has 0 bridgehead atoms. The van der Waals surface area contributed by atoms with Gasteiger partial charge in [-0.3, -0.25) is 4.99 Å². The van der Waals surface area contributed by atoms with Crippen molar-refractivity contribution in [2.24, 2.45) is 10.4 Å². The molecule has 2 aliphatic heterocycles. The molecule has 27 heavy (non-hydrogen) atoms. The number of aliphatic imine (C=N–C) groups is 1. The maximum absolute atomic E-state index is 12.4. The van der Waals surface area contributed by atoms with Crippen LogP contribution in [0.25, 0.3) is 0 Å². The van der Waals surface area contributed by atoms with E-state index < -0.39 is 9.84 Å². The van der Waals surface area contributed by atoms with Crippen LogP contribution in [-0.4, -0.2) is 64.4 Å². The average Bonchev–Trinajstić information content (AvgIpc) is 3.25. The van der Waals surface area contributed by atoms with E-state index in [1.165, 1.54) is 12.1 Å². The Balaban J connectivity index is 0.00000261. The molecule has 1 atom stereocenters. The summed E-state index contributed by atoms with van der Waals surface area (Å²) >= 11 is 5.83. The molecule has 2 aliphatic rings. The van der Waals surface area contributed by atoms with Gasteiger partial charge in [0.15, 0.2) is 15.8 Å². The predicted molar refractivity (Wildman–Crippen MR) is 119 cm³/mol. The summed E-state index contributed by atoms with van der Waals surface area (Å²) in [4.78, 5) is 7.08. The number of guanidine groups is 1. The number of hydrogen-bond donors (Lipinski definition) is 1. The van der Waals surface area contributed by atoms with Crippen molar-refractivity contribution in [2.45, 2.75) is 24.7 Å². The molecule has 9 heteroatoms. The molecule has 0 saturated carbocycles. The predicted octanol–water partition coefficient (Wildman–Crippen LogP) is 2.81. The van der Waals surface area contributed by atoms with E-state index in [0.717, 1.165) is 51.6 Å². The average molecular weight is 528 g/mol. The van der Waals surface area contributed by atoms with Crippen LogP contribution in [0, 0.1) is 5.41 Å². The first-order chi connectivity index (χ1) is 12.4. The summed E-state index contributed by atoms with van der Waals surface area (Å²) in [6.07, 6.45) is 2.19. The Bertz CT molecular complexity index is 750.